The van der Waals surface area contributed by atoms with Crippen LogP contribution in [0.5, 0.6) is 0 Å². The Balaban J connectivity index is 0.00000261. The minimum Gasteiger partial charge on any atom is -0.466 e. The van der Waals surface area contributed by atoms with E-state index in [9.17, 15) is 4.79 Å². The van der Waals surface area contributed by atoms with Crippen LogP contribution in [0.25, 0.3) is 11.0 Å². The zero-order chi connectivity index (χ0) is 18.5. The van der Waals surface area contributed by atoms with Crippen molar-refractivity contribution in [2.45, 2.75) is 33.2 Å². The minimum absolute atomic E-state index is 0. The highest BCUT2D eigenvalue weighted by Crippen LogP contribution is 2.18. The number of aromatic nitrogens is 2. The Morgan fingerprint density at radius 3 is 3.04 bits per heavy atom. The van der Waals surface area contributed by atoms with Crippen LogP contribution in [0, 0.1) is 12.8 Å². The summed E-state index contributed by atoms with van der Waals surface area (Å²) < 4.78 is 5.17. The molecule has 0 spiro atoms. The molecule has 1 aliphatic heterocycles. The van der Waals surface area contributed by atoms with Crippen LogP contribution >= 0.6 is 24.0 Å². The number of benzene rings is 1. The number of carbonyl (C=O) groups is 1. The molecule has 0 saturated carbocycles. The molecule has 0 unspecified atom stereocenters. The number of imidazole rings is 1. The van der Waals surface area contributed by atoms with Gasteiger partial charge >= 0.3 is 5.97 Å². The van der Waals surface area contributed by atoms with Crippen LogP contribution in [-0.4, -0.2) is 53.5 Å². The van der Waals surface area contributed by atoms with Gasteiger partial charge in [0.05, 0.1) is 30.1 Å². The fraction of sp³-hybridized carbons (Fsp3) is 0.526. The Bertz CT molecular complexity index is 804. The second-order valence-electron chi connectivity index (χ2n) is 6.64. The largest absolute Gasteiger partial charge is 0.466 e. The van der Waals surface area contributed by atoms with Gasteiger partial charge in [0.25, 0.3) is 0 Å². The number of nitrogens with zero attached hydrogens (tertiary/aromatic N) is 3. The van der Waals surface area contributed by atoms with E-state index in [1.165, 1.54) is 5.56 Å². The Hall–Kier alpha value is -1.84. The molecule has 2 aromatic rings. The van der Waals surface area contributed by atoms with Crippen molar-refractivity contribution in [2.75, 3.05) is 26.7 Å². The van der Waals surface area contributed by atoms with Gasteiger partial charge in [-0.05, 0) is 44.4 Å². The number of likely N-dealkylation sites (tertiary alicyclic amines) is 1. The molecule has 2 heterocycles. The van der Waals surface area contributed by atoms with Crippen LogP contribution in [0.1, 0.15) is 31.2 Å². The lowest BCUT2D eigenvalue weighted by atomic mass is 9.98. The number of aryl methyl sites for hydroxylation is 1. The summed E-state index contributed by atoms with van der Waals surface area (Å²) >= 11 is 0. The van der Waals surface area contributed by atoms with Crippen molar-refractivity contribution in [3.63, 3.8) is 0 Å². The number of hydrogen-bond donors (Lipinski definition) is 2. The first-order chi connectivity index (χ1) is 12.6. The first-order valence-corrected chi connectivity index (χ1v) is 9.18. The molecule has 2 N–H and O–H groups in total. The number of esters is 1. The number of halogens is 1. The van der Waals surface area contributed by atoms with Gasteiger partial charge in [0.2, 0.25) is 0 Å². The van der Waals surface area contributed by atoms with E-state index in [1.807, 2.05) is 13.0 Å². The number of hydrogen-bond acceptors (Lipinski definition) is 4. The SMILES string of the molecule is CCOC(=O)[C@@H]1CCCN(C(=NC)NCc2nc3ccc(C)cc3[nH]2)C1.I. The summed E-state index contributed by atoms with van der Waals surface area (Å²) in [6.07, 6.45) is 1.82. The van der Waals surface area contributed by atoms with E-state index >= 15 is 0 Å². The van der Waals surface area contributed by atoms with Crippen LogP contribution in [0.15, 0.2) is 23.2 Å². The zero-order valence-corrected chi connectivity index (χ0v) is 18.4. The number of piperidine rings is 1. The third kappa shape index (κ3) is 5.33. The molecular weight excluding hydrogens is 457 g/mol. The van der Waals surface area contributed by atoms with Gasteiger partial charge in [0.1, 0.15) is 5.82 Å². The molecule has 0 aliphatic carbocycles. The maximum Gasteiger partial charge on any atom is 0.310 e. The van der Waals surface area contributed by atoms with Gasteiger partial charge in [-0.25, -0.2) is 4.98 Å². The molecule has 0 amide bonds. The molecule has 0 radical (unpaired) electrons. The van der Waals surface area contributed by atoms with Crippen molar-refractivity contribution in [1.82, 2.24) is 20.2 Å². The summed E-state index contributed by atoms with van der Waals surface area (Å²) in [6, 6.07) is 6.17. The molecular formula is C19H28IN5O2. The summed E-state index contributed by atoms with van der Waals surface area (Å²) in [5, 5.41) is 3.35. The molecule has 1 atom stereocenters. The average molecular weight is 485 g/mol. The number of fused-ring (bicyclic) bond motifs is 1. The molecule has 7 nitrogen and oxygen atoms in total. The zero-order valence-electron chi connectivity index (χ0n) is 16.1. The fourth-order valence-corrected chi connectivity index (χ4v) is 3.38. The van der Waals surface area contributed by atoms with Crippen LogP contribution < -0.4 is 5.32 Å². The highest BCUT2D eigenvalue weighted by molar-refractivity contribution is 14.0. The van der Waals surface area contributed by atoms with Crippen LogP contribution in [0.2, 0.25) is 0 Å². The van der Waals surface area contributed by atoms with Crippen molar-refractivity contribution >= 4 is 46.9 Å². The maximum atomic E-state index is 12.0. The quantitative estimate of drug-likeness (QED) is 0.301. The van der Waals surface area contributed by atoms with E-state index in [0.717, 1.165) is 42.2 Å². The van der Waals surface area contributed by atoms with Gasteiger partial charge in [-0.2, -0.15) is 0 Å². The van der Waals surface area contributed by atoms with Crippen molar-refractivity contribution in [3.8, 4) is 0 Å². The molecule has 0 bridgehead atoms. The smallest absolute Gasteiger partial charge is 0.310 e. The fourth-order valence-electron chi connectivity index (χ4n) is 3.38. The molecule has 8 heteroatoms. The second kappa shape index (κ2) is 9.91. The molecule has 1 aromatic carbocycles. The minimum atomic E-state index is -0.111. The summed E-state index contributed by atoms with van der Waals surface area (Å²) in [4.78, 5) is 26.5. The summed E-state index contributed by atoms with van der Waals surface area (Å²) in [7, 11) is 1.76. The van der Waals surface area contributed by atoms with Crippen LogP contribution in [0.3, 0.4) is 0 Å². The van der Waals surface area contributed by atoms with Gasteiger partial charge in [-0.1, -0.05) is 6.07 Å². The molecule has 148 valence electrons. The number of nitrogens with one attached hydrogen (secondary N) is 2. The molecule has 1 fully saturated rings. The number of guanidine groups is 1. The number of carbonyl (C=O) groups excluding carboxylic acids is 1. The predicted molar refractivity (Wildman–Crippen MR) is 117 cm³/mol. The Kier molecular flexibility index (Phi) is 7.88. The van der Waals surface area contributed by atoms with Crippen molar-refractivity contribution < 1.29 is 9.53 Å². The first-order valence-electron chi connectivity index (χ1n) is 9.18. The van der Waals surface area contributed by atoms with E-state index < -0.39 is 0 Å². The predicted octanol–water partition coefficient (Wildman–Crippen LogP) is 2.84. The highest BCUT2D eigenvalue weighted by atomic mass is 127. The third-order valence-corrected chi connectivity index (χ3v) is 4.65. The van der Waals surface area contributed by atoms with E-state index in [0.29, 0.717) is 19.7 Å². The van der Waals surface area contributed by atoms with Crippen LogP contribution in [0.4, 0.5) is 0 Å². The lowest BCUT2D eigenvalue weighted by molar-refractivity contribution is -0.149. The molecule has 27 heavy (non-hydrogen) atoms. The molecule has 1 saturated heterocycles. The standard InChI is InChI=1S/C19H27N5O2.HI/c1-4-26-18(25)14-6-5-9-24(12-14)19(20-3)21-11-17-22-15-8-7-13(2)10-16(15)23-17;/h7-8,10,14H,4-6,9,11-12H2,1-3H3,(H,20,21)(H,22,23);1H/t14-;/m1./s1. The summed E-state index contributed by atoms with van der Waals surface area (Å²) in [6.45, 7) is 6.41. The molecule has 3 rings (SSSR count). The summed E-state index contributed by atoms with van der Waals surface area (Å²) in [5.74, 6) is 1.46. The molecule has 1 aliphatic rings. The average Bonchev–Trinajstić information content (AvgIpc) is 3.04. The second-order valence-corrected chi connectivity index (χ2v) is 6.64. The highest BCUT2D eigenvalue weighted by Gasteiger charge is 2.28. The lowest BCUT2D eigenvalue weighted by Gasteiger charge is -2.33. The first kappa shape index (κ1) is 21.5. The lowest BCUT2D eigenvalue weighted by Crippen LogP contribution is -2.48. The Morgan fingerprint density at radius 1 is 1.48 bits per heavy atom. The van der Waals surface area contributed by atoms with E-state index in [1.54, 1.807) is 7.05 Å². The van der Waals surface area contributed by atoms with E-state index in [4.69, 9.17) is 4.74 Å². The maximum absolute atomic E-state index is 12.0. The number of rotatable bonds is 4. The van der Waals surface area contributed by atoms with Crippen LogP contribution in [-0.2, 0) is 16.1 Å². The van der Waals surface area contributed by atoms with Crippen molar-refractivity contribution in [2.24, 2.45) is 10.9 Å². The van der Waals surface area contributed by atoms with Gasteiger partial charge in [0, 0.05) is 20.1 Å². The number of H-pyrrole nitrogens is 1. The normalized spacial score (nSPS) is 17.5. The van der Waals surface area contributed by atoms with Crippen molar-refractivity contribution in [3.05, 3.63) is 29.6 Å². The number of ether oxygens (including phenoxy) is 1. The monoisotopic (exact) mass is 485 g/mol. The number of aliphatic imine (C=N–C) groups is 1. The topological polar surface area (TPSA) is 82.6 Å². The Labute approximate surface area is 177 Å². The molecule has 1 aromatic heterocycles. The van der Waals surface area contributed by atoms with E-state index in [-0.39, 0.29) is 35.9 Å². The van der Waals surface area contributed by atoms with Gasteiger partial charge in [-0.15, -0.1) is 24.0 Å². The van der Waals surface area contributed by atoms with Gasteiger partial charge in [0.15, 0.2) is 5.96 Å². The third-order valence-electron chi connectivity index (χ3n) is 4.65. The van der Waals surface area contributed by atoms with E-state index in [2.05, 4.69) is 44.2 Å². The van der Waals surface area contributed by atoms with Crippen molar-refractivity contribution in [1.29, 1.82) is 0 Å². The Morgan fingerprint density at radius 2 is 2.30 bits per heavy atom. The number of aromatic amines is 1. The van der Waals surface area contributed by atoms with Gasteiger partial charge < -0.3 is 19.9 Å². The van der Waals surface area contributed by atoms with Gasteiger partial charge in [-0.3, -0.25) is 9.79 Å². The summed E-state index contributed by atoms with van der Waals surface area (Å²) in [5.41, 5.74) is 3.20.